The second-order valence-electron chi connectivity index (χ2n) is 9.69. The first-order valence-corrected chi connectivity index (χ1v) is 13.0. The van der Waals surface area contributed by atoms with Gasteiger partial charge in [-0.15, -0.1) is 5.10 Å². The van der Waals surface area contributed by atoms with E-state index in [0.29, 0.717) is 40.5 Å². The SMILES string of the molecule is COC(=O)c1cccc(N(C(=O)Cn2nnc3ccccc32)[C@@H](C(=O)NCCC(C)C)c2ccc(OC)cc2)c1. The molecule has 0 aliphatic rings. The molecule has 0 aliphatic carbocycles. The molecule has 0 fully saturated rings. The molecule has 1 heterocycles. The lowest BCUT2D eigenvalue weighted by molar-refractivity contribution is -0.127. The van der Waals surface area contributed by atoms with Crippen LogP contribution in [0.3, 0.4) is 0 Å². The van der Waals surface area contributed by atoms with Gasteiger partial charge in [0.1, 0.15) is 23.9 Å². The molecule has 2 amide bonds. The Morgan fingerprint density at radius 2 is 1.73 bits per heavy atom. The predicted octanol–water partition coefficient (Wildman–Crippen LogP) is 4.16. The summed E-state index contributed by atoms with van der Waals surface area (Å²) in [5.74, 6) is -0.334. The summed E-state index contributed by atoms with van der Waals surface area (Å²) in [6.07, 6.45) is 0.776. The van der Waals surface area contributed by atoms with Gasteiger partial charge in [0, 0.05) is 12.2 Å². The van der Waals surface area contributed by atoms with Crippen molar-refractivity contribution in [3.8, 4) is 5.75 Å². The fourth-order valence-corrected chi connectivity index (χ4v) is 4.36. The first-order valence-electron chi connectivity index (χ1n) is 13.0. The molecule has 10 heteroatoms. The van der Waals surface area contributed by atoms with Crippen molar-refractivity contribution in [1.82, 2.24) is 20.3 Å². The number of benzene rings is 3. The molecule has 0 unspecified atom stereocenters. The third-order valence-electron chi connectivity index (χ3n) is 6.48. The summed E-state index contributed by atoms with van der Waals surface area (Å²) in [5.41, 5.74) is 2.51. The first-order chi connectivity index (χ1) is 19.3. The van der Waals surface area contributed by atoms with Crippen LogP contribution in [0.4, 0.5) is 5.69 Å². The average Bonchev–Trinajstić information content (AvgIpc) is 3.37. The second-order valence-corrected chi connectivity index (χ2v) is 9.69. The lowest BCUT2D eigenvalue weighted by Gasteiger charge is -2.32. The molecule has 208 valence electrons. The van der Waals surface area contributed by atoms with Crippen LogP contribution < -0.4 is 15.0 Å². The first kappa shape index (κ1) is 28.3. The minimum absolute atomic E-state index is 0.186. The topological polar surface area (TPSA) is 116 Å². The fourth-order valence-electron chi connectivity index (χ4n) is 4.36. The van der Waals surface area contributed by atoms with Gasteiger partial charge in [-0.1, -0.05) is 49.4 Å². The van der Waals surface area contributed by atoms with Crippen molar-refractivity contribution in [2.45, 2.75) is 32.9 Å². The highest BCUT2D eigenvalue weighted by atomic mass is 16.5. The van der Waals surface area contributed by atoms with E-state index in [1.165, 1.54) is 16.7 Å². The zero-order chi connectivity index (χ0) is 28.6. The molecule has 0 radical (unpaired) electrons. The molecular formula is C30H33N5O5. The number of methoxy groups -OCH3 is 2. The van der Waals surface area contributed by atoms with E-state index in [0.717, 1.165) is 6.42 Å². The Balaban J connectivity index is 1.81. The van der Waals surface area contributed by atoms with Crippen LogP contribution in [0.5, 0.6) is 5.75 Å². The number of esters is 1. The van der Waals surface area contributed by atoms with Crippen molar-refractivity contribution >= 4 is 34.5 Å². The van der Waals surface area contributed by atoms with Gasteiger partial charge in [0.15, 0.2) is 0 Å². The van der Waals surface area contributed by atoms with E-state index in [2.05, 4.69) is 29.5 Å². The van der Waals surface area contributed by atoms with Gasteiger partial charge in [-0.05, 0) is 60.4 Å². The number of rotatable bonds is 11. The highest BCUT2D eigenvalue weighted by Crippen LogP contribution is 2.31. The molecule has 1 N–H and O–H groups in total. The normalized spacial score (nSPS) is 11.7. The van der Waals surface area contributed by atoms with Gasteiger partial charge < -0.3 is 14.8 Å². The summed E-state index contributed by atoms with van der Waals surface area (Å²) in [6, 6.07) is 19.7. The van der Waals surface area contributed by atoms with Crippen LogP contribution in [-0.2, 0) is 20.9 Å². The molecule has 4 aromatic rings. The zero-order valence-electron chi connectivity index (χ0n) is 23.0. The van der Waals surface area contributed by atoms with Gasteiger partial charge in [-0.25, -0.2) is 9.48 Å². The van der Waals surface area contributed by atoms with Crippen LogP contribution in [0.15, 0.2) is 72.8 Å². The summed E-state index contributed by atoms with van der Waals surface area (Å²) in [4.78, 5) is 41.7. The van der Waals surface area contributed by atoms with Crippen LogP contribution >= 0.6 is 0 Å². The zero-order valence-corrected chi connectivity index (χ0v) is 23.0. The number of carbonyl (C=O) groups excluding carboxylic acids is 3. The Hall–Kier alpha value is -4.73. The van der Waals surface area contributed by atoms with Gasteiger partial charge in [0.2, 0.25) is 11.8 Å². The maximum Gasteiger partial charge on any atom is 0.337 e. The molecule has 40 heavy (non-hydrogen) atoms. The van der Waals surface area contributed by atoms with Gasteiger partial charge in [-0.3, -0.25) is 14.5 Å². The van der Waals surface area contributed by atoms with Crippen molar-refractivity contribution in [2.75, 3.05) is 25.7 Å². The summed E-state index contributed by atoms with van der Waals surface area (Å²) in [7, 11) is 2.85. The monoisotopic (exact) mass is 543 g/mol. The van der Waals surface area contributed by atoms with Crippen molar-refractivity contribution in [3.05, 3.63) is 83.9 Å². The quantitative estimate of drug-likeness (QED) is 0.282. The lowest BCUT2D eigenvalue weighted by Crippen LogP contribution is -2.45. The number of nitrogens with zero attached hydrogens (tertiary/aromatic N) is 4. The standard InChI is InChI=1S/C30H33N5O5/c1-20(2)16-17-31-29(37)28(21-12-14-24(39-3)15-13-21)35(23-9-7-8-22(18-23)30(38)40-4)27(36)19-34-26-11-6-5-10-25(26)32-33-34/h5-15,18,20,28H,16-17,19H2,1-4H3,(H,31,37)/t28-/m1/s1. The Labute approximate surface area is 232 Å². The number of ether oxygens (including phenoxy) is 2. The van der Waals surface area contributed by atoms with Crippen molar-refractivity contribution in [3.63, 3.8) is 0 Å². The van der Waals surface area contributed by atoms with E-state index in [1.54, 1.807) is 55.6 Å². The maximum absolute atomic E-state index is 14.1. The fraction of sp³-hybridized carbons (Fsp3) is 0.300. The summed E-state index contributed by atoms with van der Waals surface area (Å²) >= 11 is 0. The molecule has 0 spiro atoms. The molecule has 3 aromatic carbocycles. The third kappa shape index (κ3) is 6.45. The van der Waals surface area contributed by atoms with E-state index in [-0.39, 0.29) is 18.0 Å². The average molecular weight is 544 g/mol. The minimum Gasteiger partial charge on any atom is -0.497 e. The summed E-state index contributed by atoms with van der Waals surface area (Å²) in [5, 5.41) is 11.3. The molecule has 10 nitrogen and oxygen atoms in total. The highest BCUT2D eigenvalue weighted by molar-refractivity contribution is 6.02. The van der Waals surface area contributed by atoms with Crippen LogP contribution in [0.2, 0.25) is 0 Å². The van der Waals surface area contributed by atoms with Crippen molar-refractivity contribution in [1.29, 1.82) is 0 Å². The van der Waals surface area contributed by atoms with Crippen LogP contribution in [0.25, 0.3) is 11.0 Å². The van der Waals surface area contributed by atoms with Gasteiger partial charge >= 0.3 is 5.97 Å². The lowest BCUT2D eigenvalue weighted by atomic mass is 10.0. The molecule has 0 aliphatic heterocycles. The number of fused-ring (bicyclic) bond motifs is 1. The van der Waals surface area contributed by atoms with E-state index < -0.39 is 17.9 Å². The number of aromatic nitrogens is 3. The van der Waals surface area contributed by atoms with E-state index in [1.807, 2.05) is 24.3 Å². The van der Waals surface area contributed by atoms with Crippen molar-refractivity contribution < 1.29 is 23.9 Å². The number of hydrogen-bond donors (Lipinski definition) is 1. The Kier molecular flexibility index (Phi) is 9.11. The van der Waals surface area contributed by atoms with E-state index in [9.17, 15) is 14.4 Å². The molecule has 0 saturated carbocycles. The second kappa shape index (κ2) is 12.9. The summed E-state index contributed by atoms with van der Waals surface area (Å²) in [6.45, 7) is 4.41. The Morgan fingerprint density at radius 3 is 2.42 bits per heavy atom. The number of hydrogen-bond acceptors (Lipinski definition) is 7. The number of para-hydroxylation sites is 1. The third-order valence-corrected chi connectivity index (χ3v) is 6.48. The molecule has 1 atom stereocenters. The minimum atomic E-state index is -1.05. The van der Waals surface area contributed by atoms with Crippen LogP contribution in [0, 0.1) is 5.92 Å². The van der Waals surface area contributed by atoms with Gasteiger partial charge in [0.25, 0.3) is 0 Å². The number of nitrogens with one attached hydrogen (secondary N) is 1. The van der Waals surface area contributed by atoms with Gasteiger partial charge in [0.05, 0.1) is 25.3 Å². The molecule has 0 bridgehead atoms. The van der Waals surface area contributed by atoms with Crippen LogP contribution in [0.1, 0.15) is 42.2 Å². The summed E-state index contributed by atoms with van der Waals surface area (Å²) < 4.78 is 11.7. The predicted molar refractivity (Wildman–Crippen MR) is 151 cm³/mol. The number of carbonyl (C=O) groups is 3. The smallest absolute Gasteiger partial charge is 0.337 e. The number of amides is 2. The molecule has 0 saturated heterocycles. The van der Waals surface area contributed by atoms with E-state index >= 15 is 0 Å². The van der Waals surface area contributed by atoms with Crippen LogP contribution in [-0.4, -0.2) is 53.5 Å². The van der Waals surface area contributed by atoms with Gasteiger partial charge in [-0.2, -0.15) is 0 Å². The molecular weight excluding hydrogens is 510 g/mol. The highest BCUT2D eigenvalue weighted by Gasteiger charge is 2.33. The largest absolute Gasteiger partial charge is 0.497 e. The molecule has 1 aromatic heterocycles. The molecule has 4 rings (SSSR count). The van der Waals surface area contributed by atoms with Crippen molar-refractivity contribution in [2.24, 2.45) is 5.92 Å². The number of anilines is 1. The maximum atomic E-state index is 14.1. The Morgan fingerprint density at radius 1 is 0.975 bits per heavy atom. The van der Waals surface area contributed by atoms with E-state index in [4.69, 9.17) is 9.47 Å². The Bertz CT molecular complexity index is 1480.